The van der Waals surface area contributed by atoms with Crippen molar-refractivity contribution >= 4 is 17.3 Å². The molecule has 1 aromatic carbocycles. The van der Waals surface area contributed by atoms with E-state index in [1.807, 2.05) is 41.0 Å². The maximum Gasteiger partial charge on any atom is 0.127 e. The summed E-state index contributed by atoms with van der Waals surface area (Å²) in [6.07, 6.45) is 4.64. The lowest BCUT2D eigenvalue weighted by atomic mass is 10.3. The van der Waals surface area contributed by atoms with Crippen LogP contribution in [0.2, 0.25) is 0 Å². The Bertz CT molecular complexity index is 689. The molecule has 0 radical (unpaired) electrons. The van der Waals surface area contributed by atoms with Gasteiger partial charge in [-0.25, -0.2) is 4.98 Å². The molecule has 2 aromatic heterocycles. The Morgan fingerprint density at radius 1 is 1.17 bits per heavy atom. The number of hydrogen-bond acceptors (Lipinski definition) is 3. The summed E-state index contributed by atoms with van der Waals surface area (Å²) in [5, 5.41) is 0. The number of rotatable bonds is 3. The zero-order valence-electron chi connectivity index (χ0n) is 9.65. The SMILES string of the molecule is O=CCc1nc2ccncc2n1-c1ccccc1. The van der Waals surface area contributed by atoms with Crippen molar-refractivity contribution in [1.29, 1.82) is 0 Å². The van der Waals surface area contributed by atoms with Crippen molar-refractivity contribution in [3.63, 3.8) is 0 Å². The summed E-state index contributed by atoms with van der Waals surface area (Å²) >= 11 is 0. The topological polar surface area (TPSA) is 47.8 Å². The number of pyridine rings is 1. The highest BCUT2D eigenvalue weighted by Crippen LogP contribution is 2.20. The molecule has 0 aliphatic carbocycles. The molecule has 0 saturated heterocycles. The molecule has 0 N–H and O–H groups in total. The van der Waals surface area contributed by atoms with Gasteiger partial charge in [-0.3, -0.25) is 9.55 Å². The first kappa shape index (κ1) is 10.7. The number of nitrogens with zero attached hydrogens (tertiary/aromatic N) is 3. The van der Waals surface area contributed by atoms with E-state index in [0.717, 1.165) is 28.8 Å². The second kappa shape index (κ2) is 4.41. The van der Waals surface area contributed by atoms with E-state index in [-0.39, 0.29) is 0 Å². The smallest absolute Gasteiger partial charge is 0.127 e. The molecule has 0 amide bonds. The Labute approximate surface area is 104 Å². The van der Waals surface area contributed by atoms with Gasteiger partial charge in [0, 0.05) is 11.9 Å². The van der Waals surface area contributed by atoms with Gasteiger partial charge in [0.1, 0.15) is 12.1 Å². The molecular weight excluding hydrogens is 226 g/mol. The van der Waals surface area contributed by atoms with E-state index in [2.05, 4.69) is 9.97 Å². The van der Waals surface area contributed by atoms with E-state index < -0.39 is 0 Å². The number of para-hydroxylation sites is 1. The van der Waals surface area contributed by atoms with Crippen LogP contribution in [0.15, 0.2) is 48.8 Å². The van der Waals surface area contributed by atoms with Gasteiger partial charge in [-0.05, 0) is 18.2 Å². The van der Waals surface area contributed by atoms with Crippen molar-refractivity contribution < 1.29 is 4.79 Å². The Kier molecular flexibility index (Phi) is 2.61. The average Bonchev–Trinajstić information content (AvgIpc) is 2.78. The number of aldehydes is 1. The second-order valence-electron chi connectivity index (χ2n) is 3.93. The third-order valence-corrected chi connectivity index (χ3v) is 2.81. The lowest BCUT2D eigenvalue weighted by Gasteiger charge is -2.06. The second-order valence-corrected chi connectivity index (χ2v) is 3.93. The number of aromatic nitrogens is 3. The first-order valence-corrected chi connectivity index (χ1v) is 5.70. The summed E-state index contributed by atoms with van der Waals surface area (Å²) in [6.45, 7) is 0. The molecule has 4 nitrogen and oxygen atoms in total. The Morgan fingerprint density at radius 3 is 2.78 bits per heavy atom. The molecule has 0 bridgehead atoms. The van der Waals surface area contributed by atoms with Crippen molar-refractivity contribution in [2.24, 2.45) is 0 Å². The van der Waals surface area contributed by atoms with Gasteiger partial charge in [-0.15, -0.1) is 0 Å². The van der Waals surface area contributed by atoms with Gasteiger partial charge in [0.2, 0.25) is 0 Å². The first-order chi connectivity index (χ1) is 8.90. The molecule has 0 fully saturated rings. The lowest BCUT2D eigenvalue weighted by Crippen LogP contribution is -2.01. The highest BCUT2D eigenvalue weighted by molar-refractivity contribution is 5.77. The maximum absolute atomic E-state index is 10.8. The predicted octanol–water partition coefficient (Wildman–Crippen LogP) is 2.16. The lowest BCUT2D eigenvalue weighted by molar-refractivity contribution is -0.107. The van der Waals surface area contributed by atoms with Crippen molar-refractivity contribution in [2.45, 2.75) is 6.42 Å². The minimum atomic E-state index is 0.295. The zero-order chi connectivity index (χ0) is 12.4. The van der Waals surface area contributed by atoms with Crippen molar-refractivity contribution in [1.82, 2.24) is 14.5 Å². The van der Waals surface area contributed by atoms with Crippen LogP contribution in [-0.4, -0.2) is 20.8 Å². The molecule has 3 rings (SSSR count). The van der Waals surface area contributed by atoms with Crippen LogP contribution in [0.5, 0.6) is 0 Å². The molecule has 0 spiro atoms. The van der Waals surface area contributed by atoms with Crippen LogP contribution in [0.1, 0.15) is 5.82 Å². The predicted molar refractivity (Wildman–Crippen MR) is 68.6 cm³/mol. The van der Waals surface area contributed by atoms with E-state index >= 15 is 0 Å². The van der Waals surface area contributed by atoms with E-state index in [1.54, 1.807) is 12.4 Å². The highest BCUT2D eigenvalue weighted by atomic mass is 16.1. The fraction of sp³-hybridized carbons (Fsp3) is 0.0714. The minimum Gasteiger partial charge on any atom is -0.303 e. The van der Waals surface area contributed by atoms with E-state index in [4.69, 9.17) is 0 Å². The first-order valence-electron chi connectivity index (χ1n) is 5.70. The van der Waals surface area contributed by atoms with Crippen molar-refractivity contribution in [3.8, 4) is 5.69 Å². The average molecular weight is 237 g/mol. The fourth-order valence-corrected chi connectivity index (χ4v) is 2.05. The van der Waals surface area contributed by atoms with Gasteiger partial charge in [0.25, 0.3) is 0 Å². The summed E-state index contributed by atoms with van der Waals surface area (Å²) < 4.78 is 1.97. The summed E-state index contributed by atoms with van der Waals surface area (Å²) in [4.78, 5) is 19.4. The summed E-state index contributed by atoms with van der Waals surface area (Å²) in [7, 11) is 0. The third-order valence-electron chi connectivity index (χ3n) is 2.81. The standard InChI is InChI=1S/C14H11N3O/c18-9-7-14-16-12-6-8-15-10-13(12)17(14)11-4-2-1-3-5-11/h1-6,8-10H,7H2. The molecule has 0 saturated carbocycles. The Hall–Kier alpha value is -2.49. The number of fused-ring (bicyclic) bond motifs is 1. The zero-order valence-corrected chi connectivity index (χ0v) is 9.65. The van der Waals surface area contributed by atoms with Gasteiger partial charge in [-0.1, -0.05) is 18.2 Å². The summed E-state index contributed by atoms with van der Waals surface area (Å²) in [6, 6.07) is 11.7. The van der Waals surface area contributed by atoms with Gasteiger partial charge in [0.05, 0.1) is 23.7 Å². The minimum absolute atomic E-state index is 0.295. The number of carbonyl (C=O) groups excluding carboxylic acids is 1. The van der Waals surface area contributed by atoms with Crippen LogP contribution in [0.4, 0.5) is 0 Å². The summed E-state index contributed by atoms with van der Waals surface area (Å²) in [5.74, 6) is 0.735. The van der Waals surface area contributed by atoms with E-state index in [0.29, 0.717) is 6.42 Å². The van der Waals surface area contributed by atoms with Crippen LogP contribution >= 0.6 is 0 Å². The van der Waals surface area contributed by atoms with Gasteiger partial charge >= 0.3 is 0 Å². The molecule has 0 unspecified atom stereocenters. The molecule has 3 aromatic rings. The van der Waals surface area contributed by atoms with Crippen molar-refractivity contribution in [3.05, 3.63) is 54.6 Å². The fourth-order valence-electron chi connectivity index (χ4n) is 2.05. The normalized spacial score (nSPS) is 10.7. The molecule has 4 heteroatoms. The summed E-state index contributed by atoms with van der Waals surface area (Å²) in [5.41, 5.74) is 2.76. The molecule has 0 atom stereocenters. The van der Waals surface area contributed by atoms with Gasteiger partial charge in [0.15, 0.2) is 0 Å². The third kappa shape index (κ3) is 1.68. The van der Waals surface area contributed by atoms with Crippen LogP contribution in [0, 0.1) is 0 Å². The number of imidazole rings is 1. The van der Waals surface area contributed by atoms with E-state index in [9.17, 15) is 4.79 Å². The number of benzene rings is 1. The van der Waals surface area contributed by atoms with Gasteiger partial charge in [-0.2, -0.15) is 0 Å². The molecular formula is C14H11N3O. The van der Waals surface area contributed by atoms with Gasteiger partial charge < -0.3 is 4.79 Å². The van der Waals surface area contributed by atoms with Crippen LogP contribution < -0.4 is 0 Å². The molecule has 18 heavy (non-hydrogen) atoms. The van der Waals surface area contributed by atoms with Crippen molar-refractivity contribution in [2.75, 3.05) is 0 Å². The quantitative estimate of drug-likeness (QED) is 0.656. The highest BCUT2D eigenvalue weighted by Gasteiger charge is 2.11. The monoisotopic (exact) mass is 237 g/mol. The molecule has 88 valence electrons. The molecule has 0 aliphatic rings. The van der Waals surface area contributed by atoms with Crippen LogP contribution in [0.3, 0.4) is 0 Å². The Balaban J connectivity index is 2.31. The molecule has 0 aliphatic heterocycles. The molecule has 2 heterocycles. The van der Waals surface area contributed by atoms with Crippen LogP contribution in [-0.2, 0) is 11.2 Å². The number of hydrogen-bond donors (Lipinski definition) is 0. The Morgan fingerprint density at radius 2 is 2.00 bits per heavy atom. The maximum atomic E-state index is 10.8. The van der Waals surface area contributed by atoms with E-state index in [1.165, 1.54) is 0 Å². The number of carbonyl (C=O) groups is 1. The largest absolute Gasteiger partial charge is 0.303 e. The van der Waals surface area contributed by atoms with Crippen LogP contribution in [0.25, 0.3) is 16.7 Å².